The monoisotopic (exact) mass is 286 g/mol. The van der Waals surface area contributed by atoms with Gasteiger partial charge in [0.1, 0.15) is 0 Å². The molecule has 21 heavy (non-hydrogen) atoms. The van der Waals surface area contributed by atoms with Gasteiger partial charge in [-0.3, -0.25) is 4.90 Å². The van der Waals surface area contributed by atoms with E-state index < -0.39 is 0 Å². The Balaban J connectivity index is 1.62. The lowest BCUT2D eigenvalue weighted by atomic mass is 9.91. The maximum Gasteiger partial charge on any atom is 0.241 e. The Labute approximate surface area is 125 Å². The van der Waals surface area contributed by atoms with Crippen LogP contribution in [-0.4, -0.2) is 34.2 Å². The molecule has 0 unspecified atom stereocenters. The second-order valence-electron chi connectivity index (χ2n) is 5.86. The molecule has 5 nitrogen and oxygen atoms in total. The van der Waals surface area contributed by atoms with Crippen molar-refractivity contribution in [1.82, 2.24) is 15.0 Å². The van der Waals surface area contributed by atoms with Crippen molar-refractivity contribution in [2.75, 3.05) is 7.05 Å². The molecule has 1 heterocycles. The highest BCUT2D eigenvalue weighted by Crippen LogP contribution is 2.23. The van der Waals surface area contributed by atoms with Gasteiger partial charge in [-0.15, -0.1) is 0 Å². The first-order chi connectivity index (χ1) is 10.2. The third-order valence-electron chi connectivity index (χ3n) is 4.25. The van der Waals surface area contributed by atoms with Crippen LogP contribution in [0, 0.1) is 0 Å². The lowest BCUT2D eigenvalue weighted by Gasteiger charge is -2.32. The third-order valence-corrected chi connectivity index (χ3v) is 4.25. The fraction of sp³-hybridized carbons (Fsp3) is 0.500. The minimum absolute atomic E-state index is 0.378. The first kappa shape index (κ1) is 14.2. The van der Waals surface area contributed by atoms with Crippen LogP contribution in [-0.2, 0) is 6.54 Å². The molecule has 1 aromatic heterocycles. The summed E-state index contributed by atoms with van der Waals surface area (Å²) in [6.45, 7) is 0.694. The van der Waals surface area contributed by atoms with E-state index in [4.69, 9.17) is 10.3 Å². The lowest BCUT2D eigenvalue weighted by Crippen LogP contribution is -2.38. The number of hydrogen-bond donors (Lipinski definition) is 1. The predicted octanol–water partition coefficient (Wildman–Crippen LogP) is 2.44. The molecule has 0 radical (unpaired) electrons. The Morgan fingerprint density at radius 3 is 2.62 bits per heavy atom. The van der Waals surface area contributed by atoms with E-state index in [9.17, 15) is 0 Å². The van der Waals surface area contributed by atoms with Crippen LogP contribution in [0.4, 0.5) is 0 Å². The van der Waals surface area contributed by atoms with Crippen LogP contribution in [0.15, 0.2) is 34.9 Å². The van der Waals surface area contributed by atoms with Gasteiger partial charge in [-0.1, -0.05) is 35.5 Å². The van der Waals surface area contributed by atoms with Gasteiger partial charge in [0.2, 0.25) is 11.7 Å². The van der Waals surface area contributed by atoms with E-state index in [1.807, 2.05) is 30.3 Å². The highest BCUT2D eigenvalue weighted by atomic mass is 16.5. The SMILES string of the molecule is CN(Cc1nc(-c2ccccc2)no1)C1CCC(N)CC1. The molecule has 0 bridgehead atoms. The van der Waals surface area contributed by atoms with E-state index in [-0.39, 0.29) is 0 Å². The number of nitrogens with two attached hydrogens (primary N) is 1. The summed E-state index contributed by atoms with van der Waals surface area (Å²) in [6.07, 6.45) is 4.51. The number of rotatable bonds is 4. The van der Waals surface area contributed by atoms with Gasteiger partial charge in [-0.2, -0.15) is 4.98 Å². The standard InChI is InChI=1S/C16H22N4O/c1-20(14-9-7-13(17)8-10-14)11-15-18-16(19-21-15)12-5-3-2-4-6-12/h2-6,13-14H,7-11,17H2,1H3. The maximum absolute atomic E-state index is 5.96. The first-order valence-electron chi connectivity index (χ1n) is 7.56. The van der Waals surface area contributed by atoms with Crippen LogP contribution in [0.5, 0.6) is 0 Å². The largest absolute Gasteiger partial charge is 0.338 e. The van der Waals surface area contributed by atoms with Crippen LogP contribution in [0.1, 0.15) is 31.6 Å². The summed E-state index contributed by atoms with van der Waals surface area (Å²) in [6, 6.07) is 10.8. The fourth-order valence-electron chi connectivity index (χ4n) is 2.91. The smallest absolute Gasteiger partial charge is 0.241 e. The second kappa shape index (κ2) is 6.37. The Bertz CT molecular complexity index is 561. The van der Waals surface area contributed by atoms with E-state index in [1.54, 1.807) is 0 Å². The molecule has 0 atom stereocenters. The summed E-state index contributed by atoms with van der Waals surface area (Å²) in [5, 5.41) is 4.06. The van der Waals surface area contributed by atoms with Crippen LogP contribution >= 0.6 is 0 Å². The van der Waals surface area contributed by atoms with Crippen molar-refractivity contribution in [2.45, 2.75) is 44.3 Å². The number of aromatic nitrogens is 2. The molecule has 1 aromatic carbocycles. The minimum Gasteiger partial charge on any atom is -0.338 e. The summed E-state index contributed by atoms with van der Waals surface area (Å²) in [4.78, 5) is 6.79. The molecule has 1 aliphatic carbocycles. The van der Waals surface area contributed by atoms with E-state index in [1.165, 1.54) is 0 Å². The first-order valence-corrected chi connectivity index (χ1v) is 7.56. The summed E-state index contributed by atoms with van der Waals surface area (Å²) in [7, 11) is 2.12. The molecule has 112 valence electrons. The van der Waals surface area contributed by atoms with E-state index in [0.717, 1.165) is 31.2 Å². The molecule has 0 amide bonds. The molecule has 3 rings (SSSR count). The van der Waals surface area contributed by atoms with Gasteiger partial charge >= 0.3 is 0 Å². The topological polar surface area (TPSA) is 68.2 Å². The van der Waals surface area contributed by atoms with Gasteiger partial charge in [0.15, 0.2) is 0 Å². The van der Waals surface area contributed by atoms with Gasteiger partial charge in [0, 0.05) is 17.6 Å². The van der Waals surface area contributed by atoms with Crippen molar-refractivity contribution in [2.24, 2.45) is 5.73 Å². The van der Waals surface area contributed by atoms with E-state index >= 15 is 0 Å². The fourth-order valence-corrected chi connectivity index (χ4v) is 2.91. The Kier molecular flexibility index (Phi) is 4.31. The van der Waals surface area contributed by atoms with Gasteiger partial charge in [-0.05, 0) is 32.7 Å². The van der Waals surface area contributed by atoms with Crippen molar-refractivity contribution < 1.29 is 4.52 Å². The van der Waals surface area contributed by atoms with Gasteiger partial charge in [0.05, 0.1) is 6.54 Å². The zero-order chi connectivity index (χ0) is 14.7. The predicted molar refractivity (Wildman–Crippen MR) is 81.4 cm³/mol. The highest BCUT2D eigenvalue weighted by Gasteiger charge is 2.23. The minimum atomic E-state index is 0.378. The molecular formula is C16H22N4O. The van der Waals surface area contributed by atoms with E-state index in [0.29, 0.717) is 30.3 Å². The lowest BCUT2D eigenvalue weighted by molar-refractivity contribution is 0.158. The van der Waals surface area contributed by atoms with Crippen molar-refractivity contribution in [3.8, 4) is 11.4 Å². The van der Waals surface area contributed by atoms with E-state index in [2.05, 4.69) is 22.1 Å². The van der Waals surface area contributed by atoms with Gasteiger partial charge in [-0.25, -0.2) is 0 Å². The molecule has 1 saturated carbocycles. The number of hydrogen-bond acceptors (Lipinski definition) is 5. The number of benzene rings is 1. The Morgan fingerprint density at radius 2 is 1.90 bits per heavy atom. The summed E-state index contributed by atoms with van der Waals surface area (Å²) >= 11 is 0. The second-order valence-corrected chi connectivity index (χ2v) is 5.86. The zero-order valence-corrected chi connectivity index (χ0v) is 12.4. The Morgan fingerprint density at radius 1 is 1.19 bits per heavy atom. The zero-order valence-electron chi connectivity index (χ0n) is 12.4. The normalized spacial score (nSPS) is 22.6. The van der Waals surface area contributed by atoms with Crippen molar-refractivity contribution in [1.29, 1.82) is 0 Å². The van der Waals surface area contributed by atoms with Crippen LogP contribution in [0.3, 0.4) is 0 Å². The van der Waals surface area contributed by atoms with Crippen LogP contribution in [0.2, 0.25) is 0 Å². The average molecular weight is 286 g/mol. The van der Waals surface area contributed by atoms with Crippen LogP contribution in [0.25, 0.3) is 11.4 Å². The maximum atomic E-state index is 5.96. The molecule has 0 saturated heterocycles. The van der Waals surface area contributed by atoms with Crippen molar-refractivity contribution in [3.63, 3.8) is 0 Å². The van der Waals surface area contributed by atoms with Gasteiger partial charge in [0.25, 0.3) is 0 Å². The third kappa shape index (κ3) is 3.49. The molecule has 0 spiro atoms. The van der Waals surface area contributed by atoms with Crippen LogP contribution < -0.4 is 5.73 Å². The molecule has 5 heteroatoms. The number of nitrogens with zero attached hydrogens (tertiary/aromatic N) is 3. The Hall–Kier alpha value is -1.72. The summed E-state index contributed by atoms with van der Waals surface area (Å²) in [5.41, 5.74) is 6.94. The van der Waals surface area contributed by atoms with Gasteiger partial charge < -0.3 is 10.3 Å². The summed E-state index contributed by atoms with van der Waals surface area (Å²) in [5.74, 6) is 1.33. The molecule has 1 fully saturated rings. The molecular weight excluding hydrogens is 264 g/mol. The quantitative estimate of drug-likeness (QED) is 0.935. The summed E-state index contributed by atoms with van der Waals surface area (Å²) < 4.78 is 5.37. The molecule has 2 aromatic rings. The average Bonchev–Trinajstić information content (AvgIpc) is 2.97. The van der Waals surface area contributed by atoms with Crippen molar-refractivity contribution in [3.05, 3.63) is 36.2 Å². The van der Waals surface area contributed by atoms with Crippen molar-refractivity contribution >= 4 is 0 Å². The molecule has 2 N–H and O–H groups in total. The molecule has 1 aliphatic rings. The molecule has 0 aliphatic heterocycles. The highest BCUT2D eigenvalue weighted by molar-refractivity contribution is 5.53.